The number of thiocarbonyl (C=S) groups is 1. The van der Waals surface area contributed by atoms with E-state index in [1.54, 1.807) is 6.07 Å². The summed E-state index contributed by atoms with van der Waals surface area (Å²) in [5.74, 6) is -0.724. The number of rotatable bonds is 4. The van der Waals surface area contributed by atoms with Gasteiger partial charge in [-0.05, 0) is 40.2 Å². The molecule has 0 atom stereocenters. The zero-order valence-corrected chi connectivity index (χ0v) is 13.3. The Morgan fingerprint density at radius 2 is 1.90 bits per heavy atom. The lowest BCUT2D eigenvalue weighted by molar-refractivity contribution is 0.413. The molecule has 0 heterocycles. The summed E-state index contributed by atoms with van der Waals surface area (Å²) in [4.78, 5) is 0.0895. The van der Waals surface area contributed by atoms with Gasteiger partial charge in [0.2, 0.25) is 0 Å². The number of methoxy groups -OCH3 is 1. The standard InChI is InChI=1S/C14H11BrF2N2OS/c1-20-11-6-7(16)2-4-9(11)19-10-5-3-8(14(18)21)12(15)13(10)17/h2-6,19H,1H3,(H2,18,21). The van der Waals surface area contributed by atoms with Crippen LogP contribution in [-0.2, 0) is 0 Å². The van der Waals surface area contributed by atoms with Gasteiger partial charge in [0.25, 0.3) is 0 Å². The molecular formula is C14H11BrF2N2OS. The zero-order valence-electron chi connectivity index (χ0n) is 10.9. The van der Waals surface area contributed by atoms with Crippen LogP contribution in [0.5, 0.6) is 5.75 Å². The largest absolute Gasteiger partial charge is 0.494 e. The monoisotopic (exact) mass is 372 g/mol. The predicted octanol–water partition coefficient (Wildman–Crippen LogP) is 4.11. The van der Waals surface area contributed by atoms with Crippen LogP contribution in [0, 0.1) is 11.6 Å². The summed E-state index contributed by atoms with van der Waals surface area (Å²) in [6.45, 7) is 0. The van der Waals surface area contributed by atoms with E-state index in [0.29, 0.717) is 11.3 Å². The third-order valence-electron chi connectivity index (χ3n) is 2.78. The molecule has 2 aromatic rings. The fraction of sp³-hybridized carbons (Fsp3) is 0.0714. The van der Waals surface area contributed by atoms with Crippen LogP contribution in [0.4, 0.5) is 20.2 Å². The molecule has 0 saturated carbocycles. The number of ether oxygens (including phenoxy) is 1. The van der Waals surface area contributed by atoms with E-state index in [1.807, 2.05) is 0 Å². The molecule has 0 aliphatic rings. The summed E-state index contributed by atoms with van der Waals surface area (Å²) in [5.41, 5.74) is 6.53. The maximum Gasteiger partial charge on any atom is 0.161 e. The average molecular weight is 373 g/mol. The molecule has 7 heteroatoms. The summed E-state index contributed by atoms with van der Waals surface area (Å²) < 4.78 is 32.6. The van der Waals surface area contributed by atoms with Gasteiger partial charge in [-0.3, -0.25) is 0 Å². The highest BCUT2D eigenvalue weighted by Gasteiger charge is 2.14. The van der Waals surface area contributed by atoms with Crippen LogP contribution in [0.1, 0.15) is 5.56 Å². The van der Waals surface area contributed by atoms with Crippen LogP contribution in [0.15, 0.2) is 34.8 Å². The fourth-order valence-corrected chi connectivity index (χ4v) is 2.61. The van der Waals surface area contributed by atoms with Crippen molar-refractivity contribution in [1.29, 1.82) is 0 Å². The van der Waals surface area contributed by atoms with Crippen LogP contribution in [0.3, 0.4) is 0 Å². The van der Waals surface area contributed by atoms with Crippen LogP contribution in [0.25, 0.3) is 0 Å². The lowest BCUT2D eigenvalue weighted by atomic mass is 10.2. The van der Waals surface area contributed by atoms with Crippen molar-refractivity contribution in [3.63, 3.8) is 0 Å². The molecule has 0 aliphatic carbocycles. The molecule has 2 aromatic carbocycles. The normalized spacial score (nSPS) is 10.3. The number of nitrogens with two attached hydrogens (primary N) is 1. The first-order chi connectivity index (χ1) is 9.93. The first kappa shape index (κ1) is 15.7. The smallest absolute Gasteiger partial charge is 0.161 e. The van der Waals surface area contributed by atoms with Gasteiger partial charge in [-0.1, -0.05) is 12.2 Å². The Kier molecular flexibility index (Phi) is 4.74. The second-order valence-electron chi connectivity index (χ2n) is 4.12. The van der Waals surface area contributed by atoms with Crippen molar-refractivity contribution in [2.75, 3.05) is 12.4 Å². The first-order valence-electron chi connectivity index (χ1n) is 5.82. The Bertz CT molecular complexity index is 710. The van der Waals surface area contributed by atoms with E-state index in [1.165, 1.54) is 31.4 Å². The van der Waals surface area contributed by atoms with Gasteiger partial charge in [-0.25, -0.2) is 8.78 Å². The molecule has 3 nitrogen and oxygen atoms in total. The van der Waals surface area contributed by atoms with E-state index in [2.05, 4.69) is 21.2 Å². The summed E-state index contributed by atoms with van der Waals surface area (Å²) >= 11 is 7.95. The zero-order chi connectivity index (χ0) is 15.6. The first-order valence-corrected chi connectivity index (χ1v) is 7.02. The molecule has 0 radical (unpaired) electrons. The number of hydrogen-bond acceptors (Lipinski definition) is 3. The van der Waals surface area contributed by atoms with Crippen molar-refractivity contribution in [3.8, 4) is 5.75 Å². The van der Waals surface area contributed by atoms with E-state index in [9.17, 15) is 8.78 Å². The number of benzene rings is 2. The SMILES string of the molecule is COc1cc(F)ccc1Nc1ccc(C(N)=S)c(Br)c1F. The highest BCUT2D eigenvalue weighted by atomic mass is 79.9. The van der Waals surface area contributed by atoms with Gasteiger partial charge in [0, 0.05) is 11.6 Å². The summed E-state index contributed by atoms with van der Waals surface area (Å²) in [7, 11) is 1.40. The van der Waals surface area contributed by atoms with Crippen LogP contribution in [-0.4, -0.2) is 12.1 Å². The van der Waals surface area contributed by atoms with Crippen molar-refractivity contribution >= 4 is 44.5 Å². The Morgan fingerprint density at radius 1 is 1.24 bits per heavy atom. The highest BCUT2D eigenvalue weighted by Crippen LogP contribution is 2.32. The van der Waals surface area contributed by atoms with Crippen LogP contribution >= 0.6 is 28.1 Å². The minimum absolute atomic E-state index is 0.0895. The fourth-order valence-electron chi connectivity index (χ4n) is 1.75. The lowest BCUT2D eigenvalue weighted by Crippen LogP contribution is -2.11. The Labute approximate surface area is 134 Å². The van der Waals surface area contributed by atoms with E-state index >= 15 is 0 Å². The molecule has 0 amide bonds. The van der Waals surface area contributed by atoms with Gasteiger partial charge in [0.15, 0.2) is 5.82 Å². The molecule has 21 heavy (non-hydrogen) atoms. The third kappa shape index (κ3) is 3.30. The molecule has 0 aromatic heterocycles. The number of nitrogens with one attached hydrogen (secondary N) is 1. The maximum atomic E-state index is 14.3. The summed E-state index contributed by atoms with van der Waals surface area (Å²) in [6.07, 6.45) is 0. The maximum absolute atomic E-state index is 14.3. The van der Waals surface area contributed by atoms with Crippen molar-refractivity contribution in [2.45, 2.75) is 0 Å². The lowest BCUT2D eigenvalue weighted by Gasteiger charge is -2.13. The molecule has 110 valence electrons. The summed E-state index contributed by atoms with van der Waals surface area (Å²) in [5, 5.41) is 2.85. The number of halogens is 3. The van der Waals surface area contributed by atoms with Crippen molar-refractivity contribution < 1.29 is 13.5 Å². The van der Waals surface area contributed by atoms with E-state index in [-0.39, 0.29) is 20.9 Å². The van der Waals surface area contributed by atoms with Gasteiger partial charge >= 0.3 is 0 Å². The summed E-state index contributed by atoms with van der Waals surface area (Å²) in [6, 6.07) is 7.01. The van der Waals surface area contributed by atoms with E-state index < -0.39 is 11.6 Å². The Hall–Kier alpha value is -1.73. The van der Waals surface area contributed by atoms with Crippen molar-refractivity contribution in [1.82, 2.24) is 0 Å². The second kappa shape index (κ2) is 6.36. The van der Waals surface area contributed by atoms with Gasteiger partial charge in [-0.15, -0.1) is 0 Å². The van der Waals surface area contributed by atoms with E-state index in [4.69, 9.17) is 22.7 Å². The molecule has 3 N–H and O–H groups in total. The van der Waals surface area contributed by atoms with E-state index in [0.717, 1.165) is 0 Å². The number of hydrogen-bond donors (Lipinski definition) is 2. The molecule has 0 aliphatic heterocycles. The Morgan fingerprint density at radius 3 is 2.52 bits per heavy atom. The predicted molar refractivity (Wildman–Crippen MR) is 86.2 cm³/mol. The molecule has 0 saturated heterocycles. The average Bonchev–Trinajstić information content (AvgIpc) is 2.45. The topological polar surface area (TPSA) is 47.3 Å². The molecule has 0 spiro atoms. The molecule has 0 unspecified atom stereocenters. The Balaban J connectivity index is 2.41. The molecule has 0 bridgehead atoms. The third-order valence-corrected chi connectivity index (χ3v) is 3.78. The minimum Gasteiger partial charge on any atom is -0.494 e. The van der Waals surface area contributed by atoms with Gasteiger partial charge in [-0.2, -0.15) is 0 Å². The number of anilines is 2. The highest BCUT2D eigenvalue weighted by molar-refractivity contribution is 9.10. The minimum atomic E-state index is -0.549. The van der Waals surface area contributed by atoms with Crippen molar-refractivity contribution in [2.24, 2.45) is 5.73 Å². The van der Waals surface area contributed by atoms with Crippen LogP contribution < -0.4 is 15.8 Å². The van der Waals surface area contributed by atoms with Gasteiger partial charge < -0.3 is 15.8 Å². The van der Waals surface area contributed by atoms with Gasteiger partial charge in [0.1, 0.15) is 16.6 Å². The molecule has 0 fully saturated rings. The van der Waals surface area contributed by atoms with Crippen molar-refractivity contribution in [3.05, 3.63) is 52.0 Å². The molecular weight excluding hydrogens is 362 g/mol. The quantitative estimate of drug-likeness (QED) is 0.792. The second-order valence-corrected chi connectivity index (χ2v) is 5.36. The molecule has 2 rings (SSSR count). The van der Waals surface area contributed by atoms with Gasteiger partial charge in [0.05, 0.1) is 23.0 Å². The van der Waals surface area contributed by atoms with Crippen LogP contribution in [0.2, 0.25) is 0 Å².